The van der Waals surface area contributed by atoms with E-state index in [1.54, 1.807) is 6.92 Å². The molecule has 3 atom stereocenters. The SMILES string of the molecule is CO[C@@H]1OC(C)=C(C(=O)O[C@H]2C(=O)OCC2(C)C)[C@@H]1c1ccccc1. The molecule has 2 aliphatic rings. The number of allylic oxidation sites excluding steroid dienone is 1. The second-order valence-corrected chi connectivity index (χ2v) is 6.96. The van der Waals surface area contributed by atoms with Crippen molar-refractivity contribution in [3.8, 4) is 0 Å². The Hall–Kier alpha value is -2.34. The first kappa shape index (κ1) is 17.5. The van der Waals surface area contributed by atoms with Gasteiger partial charge in [-0.2, -0.15) is 0 Å². The van der Waals surface area contributed by atoms with E-state index in [1.807, 2.05) is 44.2 Å². The van der Waals surface area contributed by atoms with Crippen LogP contribution in [0.3, 0.4) is 0 Å². The van der Waals surface area contributed by atoms with E-state index >= 15 is 0 Å². The van der Waals surface area contributed by atoms with E-state index in [-0.39, 0.29) is 6.61 Å². The monoisotopic (exact) mass is 346 g/mol. The van der Waals surface area contributed by atoms with Crippen molar-refractivity contribution in [1.82, 2.24) is 0 Å². The number of carbonyl (C=O) groups excluding carboxylic acids is 2. The van der Waals surface area contributed by atoms with Crippen molar-refractivity contribution in [2.24, 2.45) is 5.41 Å². The van der Waals surface area contributed by atoms with Gasteiger partial charge in [-0.3, -0.25) is 0 Å². The second-order valence-electron chi connectivity index (χ2n) is 6.96. The van der Waals surface area contributed by atoms with Crippen LogP contribution in [0.15, 0.2) is 41.7 Å². The highest BCUT2D eigenvalue weighted by molar-refractivity contribution is 5.93. The molecule has 0 radical (unpaired) electrons. The van der Waals surface area contributed by atoms with E-state index in [0.717, 1.165) is 5.56 Å². The van der Waals surface area contributed by atoms with Crippen LogP contribution in [-0.2, 0) is 28.5 Å². The molecule has 134 valence electrons. The second kappa shape index (κ2) is 6.52. The van der Waals surface area contributed by atoms with Crippen LogP contribution in [0.25, 0.3) is 0 Å². The van der Waals surface area contributed by atoms with E-state index in [0.29, 0.717) is 11.3 Å². The molecule has 0 aliphatic carbocycles. The fourth-order valence-electron chi connectivity index (χ4n) is 3.21. The van der Waals surface area contributed by atoms with Gasteiger partial charge in [0.15, 0.2) is 0 Å². The third-order valence-electron chi connectivity index (χ3n) is 4.60. The van der Waals surface area contributed by atoms with E-state index in [9.17, 15) is 9.59 Å². The molecule has 6 nitrogen and oxygen atoms in total. The van der Waals surface area contributed by atoms with Crippen molar-refractivity contribution in [3.63, 3.8) is 0 Å². The maximum absolute atomic E-state index is 12.9. The minimum Gasteiger partial charge on any atom is -0.468 e. The Labute approximate surface area is 146 Å². The first-order valence-corrected chi connectivity index (χ1v) is 8.18. The van der Waals surface area contributed by atoms with E-state index in [2.05, 4.69) is 0 Å². The van der Waals surface area contributed by atoms with Crippen LogP contribution < -0.4 is 0 Å². The summed E-state index contributed by atoms with van der Waals surface area (Å²) < 4.78 is 21.7. The predicted molar refractivity (Wildman–Crippen MR) is 88.4 cm³/mol. The molecule has 1 aromatic rings. The highest BCUT2D eigenvalue weighted by Gasteiger charge is 2.49. The average molecular weight is 346 g/mol. The molecule has 2 heterocycles. The highest BCUT2D eigenvalue weighted by Crippen LogP contribution is 2.41. The van der Waals surface area contributed by atoms with Crippen LogP contribution in [0.1, 0.15) is 32.3 Å². The van der Waals surface area contributed by atoms with Crippen LogP contribution >= 0.6 is 0 Å². The average Bonchev–Trinajstić information content (AvgIpc) is 3.06. The van der Waals surface area contributed by atoms with Crippen LogP contribution in [0.4, 0.5) is 0 Å². The fraction of sp³-hybridized carbons (Fsp3) is 0.474. The molecule has 3 rings (SSSR count). The lowest BCUT2D eigenvalue weighted by Crippen LogP contribution is -2.36. The van der Waals surface area contributed by atoms with Crippen molar-refractivity contribution in [1.29, 1.82) is 0 Å². The molecule has 0 amide bonds. The van der Waals surface area contributed by atoms with Gasteiger partial charge >= 0.3 is 11.9 Å². The number of rotatable bonds is 4. The molecule has 2 aliphatic heterocycles. The lowest BCUT2D eigenvalue weighted by atomic mass is 9.89. The van der Waals surface area contributed by atoms with Gasteiger partial charge in [-0.25, -0.2) is 9.59 Å². The first-order valence-electron chi connectivity index (χ1n) is 8.18. The summed E-state index contributed by atoms with van der Waals surface area (Å²) in [7, 11) is 1.53. The molecule has 0 bridgehead atoms. The molecule has 6 heteroatoms. The Morgan fingerprint density at radius 2 is 1.92 bits per heavy atom. The Morgan fingerprint density at radius 3 is 2.48 bits per heavy atom. The third-order valence-corrected chi connectivity index (χ3v) is 4.60. The van der Waals surface area contributed by atoms with Gasteiger partial charge in [0.1, 0.15) is 12.4 Å². The lowest BCUT2D eigenvalue weighted by molar-refractivity contribution is -0.160. The van der Waals surface area contributed by atoms with Crippen LogP contribution in [0, 0.1) is 5.41 Å². The Balaban J connectivity index is 1.89. The summed E-state index contributed by atoms with van der Waals surface area (Å²) in [5, 5.41) is 0. The molecule has 0 saturated carbocycles. The summed E-state index contributed by atoms with van der Waals surface area (Å²) in [5.41, 5.74) is 0.684. The summed E-state index contributed by atoms with van der Waals surface area (Å²) in [6.45, 7) is 5.58. The van der Waals surface area contributed by atoms with Crippen LogP contribution in [0.5, 0.6) is 0 Å². The van der Waals surface area contributed by atoms with Crippen molar-refractivity contribution in [2.75, 3.05) is 13.7 Å². The number of esters is 2. The molecule has 1 saturated heterocycles. The highest BCUT2D eigenvalue weighted by atomic mass is 16.7. The summed E-state index contributed by atoms with van der Waals surface area (Å²) in [4.78, 5) is 24.8. The lowest BCUT2D eigenvalue weighted by Gasteiger charge is -2.23. The van der Waals surface area contributed by atoms with Gasteiger partial charge in [0.2, 0.25) is 12.4 Å². The normalized spacial score (nSPS) is 27.8. The van der Waals surface area contributed by atoms with Crippen LogP contribution in [0.2, 0.25) is 0 Å². The molecule has 1 fully saturated rings. The molecular formula is C19H22O6. The minimum atomic E-state index is -0.932. The van der Waals surface area contributed by atoms with Gasteiger partial charge < -0.3 is 18.9 Å². The van der Waals surface area contributed by atoms with Crippen LogP contribution in [-0.4, -0.2) is 38.0 Å². The van der Waals surface area contributed by atoms with Crippen molar-refractivity contribution in [2.45, 2.75) is 39.1 Å². The van der Waals surface area contributed by atoms with Crippen molar-refractivity contribution in [3.05, 3.63) is 47.2 Å². The number of hydrogen-bond donors (Lipinski definition) is 0. The number of hydrogen-bond acceptors (Lipinski definition) is 6. The number of carbonyl (C=O) groups is 2. The van der Waals surface area contributed by atoms with E-state index in [4.69, 9.17) is 18.9 Å². The van der Waals surface area contributed by atoms with Gasteiger partial charge in [0, 0.05) is 12.5 Å². The van der Waals surface area contributed by atoms with Gasteiger partial charge in [-0.15, -0.1) is 0 Å². The van der Waals surface area contributed by atoms with Gasteiger partial charge in [0.05, 0.1) is 11.5 Å². The Morgan fingerprint density at radius 1 is 1.24 bits per heavy atom. The van der Waals surface area contributed by atoms with E-state index in [1.165, 1.54) is 7.11 Å². The predicted octanol–water partition coefficient (Wildman–Crippen LogP) is 2.54. The summed E-state index contributed by atoms with van der Waals surface area (Å²) in [6.07, 6.45) is -1.55. The molecule has 25 heavy (non-hydrogen) atoms. The molecule has 1 aromatic carbocycles. The molecule has 0 spiro atoms. The Kier molecular flexibility index (Phi) is 4.56. The minimum absolute atomic E-state index is 0.223. The maximum Gasteiger partial charge on any atom is 0.348 e. The number of methoxy groups -OCH3 is 1. The van der Waals surface area contributed by atoms with E-state index < -0.39 is 35.7 Å². The molecule has 0 N–H and O–H groups in total. The zero-order valence-corrected chi connectivity index (χ0v) is 14.8. The first-order chi connectivity index (χ1) is 11.8. The number of benzene rings is 1. The summed E-state index contributed by atoms with van der Waals surface area (Å²) >= 11 is 0. The third kappa shape index (κ3) is 3.14. The number of ether oxygens (including phenoxy) is 4. The topological polar surface area (TPSA) is 71.1 Å². The standard InChI is InChI=1S/C19H22O6/c1-11-13(16(20)25-15-17(21)23-10-19(15,2)3)14(18(22-4)24-11)12-8-6-5-7-9-12/h5-9,14-15,18H,10H2,1-4H3/t14-,15-,18+/m0/s1. The summed E-state index contributed by atoms with van der Waals surface area (Å²) in [6, 6.07) is 9.47. The number of cyclic esters (lactones) is 1. The molecular weight excluding hydrogens is 324 g/mol. The molecule has 0 aromatic heterocycles. The van der Waals surface area contributed by atoms with Gasteiger partial charge in [-0.05, 0) is 12.5 Å². The van der Waals surface area contributed by atoms with Gasteiger partial charge in [-0.1, -0.05) is 44.2 Å². The summed E-state index contributed by atoms with van der Waals surface area (Å²) in [5.74, 6) is -1.08. The van der Waals surface area contributed by atoms with Crippen molar-refractivity contribution < 1.29 is 28.5 Å². The smallest absolute Gasteiger partial charge is 0.348 e. The maximum atomic E-state index is 12.9. The largest absolute Gasteiger partial charge is 0.468 e. The fourth-order valence-corrected chi connectivity index (χ4v) is 3.21. The zero-order valence-electron chi connectivity index (χ0n) is 14.8. The quantitative estimate of drug-likeness (QED) is 0.780. The zero-order chi connectivity index (χ0) is 18.2. The Bertz CT molecular complexity index is 706. The molecule has 0 unspecified atom stereocenters. The van der Waals surface area contributed by atoms with Crippen molar-refractivity contribution >= 4 is 11.9 Å². The van der Waals surface area contributed by atoms with Gasteiger partial charge in [0.25, 0.3) is 0 Å².